The van der Waals surface area contributed by atoms with Crippen LogP contribution in [0.25, 0.3) is 0 Å². The zero-order valence-electron chi connectivity index (χ0n) is 15.1. The fraction of sp³-hybridized carbons (Fsp3) is 0.350. The number of nitrogens with zero attached hydrogens (tertiary/aromatic N) is 1. The number of nitro groups is 1. The minimum atomic E-state index is -0.460. The molecule has 1 fully saturated rings. The minimum Gasteiger partial charge on any atom is -0.490 e. The quantitative estimate of drug-likeness (QED) is 0.525. The number of thioether (sulfide) groups is 1. The van der Waals surface area contributed by atoms with E-state index in [2.05, 4.69) is 17.4 Å². The lowest BCUT2D eigenvalue weighted by molar-refractivity contribution is -0.385. The molecular weight excluding hydrogens is 364 g/mol. The van der Waals surface area contributed by atoms with Crippen LogP contribution in [0.2, 0.25) is 0 Å². The summed E-state index contributed by atoms with van der Waals surface area (Å²) in [6.07, 6.45) is 2.19. The van der Waals surface area contributed by atoms with Crippen LogP contribution >= 0.6 is 11.8 Å². The molecule has 1 aliphatic rings. The smallest absolute Gasteiger partial charge is 0.311 e. The molecule has 1 N–H and O–H groups in total. The number of benzene rings is 2. The predicted molar refractivity (Wildman–Crippen MR) is 106 cm³/mol. The third-order valence-electron chi connectivity index (χ3n) is 4.81. The molecule has 0 bridgehead atoms. The number of hydrogen-bond acceptors (Lipinski definition) is 5. The summed E-state index contributed by atoms with van der Waals surface area (Å²) >= 11 is 1.44. The van der Waals surface area contributed by atoms with Crippen molar-refractivity contribution < 1.29 is 14.5 Å². The number of nitro benzene ring substituents is 1. The van der Waals surface area contributed by atoms with Gasteiger partial charge >= 0.3 is 5.69 Å². The molecule has 0 aromatic heterocycles. The largest absolute Gasteiger partial charge is 0.490 e. The fourth-order valence-electron chi connectivity index (χ4n) is 3.06. The SMILES string of the molecule is COc1ccc(CSCC(=O)NCC2(c3ccccc3)CC2)cc1[N+](=O)[O-]. The zero-order valence-corrected chi connectivity index (χ0v) is 16.0. The van der Waals surface area contributed by atoms with Gasteiger partial charge in [0.2, 0.25) is 5.91 Å². The van der Waals surface area contributed by atoms with Crippen molar-refractivity contribution in [1.82, 2.24) is 5.32 Å². The van der Waals surface area contributed by atoms with Gasteiger partial charge < -0.3 is 10.1 Å². The molecule has 0 heterocycles. The molecule has 0 radical (unpaired) electrons. The first-order valence-electron chi connectivity index (χ1n) is 8.75. The van der Waals surface area contributed by atoms with E-state index < -0.39 is 4.92 Å². The van der Waals surface area contributed by atoms with Gasteiger partial charge in [-0.25, -0.2) is 0 Å². The van der Waals surface area contributed by atoms with E-state index in [0.29, 0.717) is 18.1 Å². The van der Waals surface area contributed by atoms with E-state index in [-0.39, 0.29) is 22.8 Å². The number of rotatable bonds is 9. The summed E-state index contributed by atoms with van der Waals surface area (Å²) in [6, 6.07) is 15.2. The van der Waals surface area contributed by atoms with Gasteiger partial charge in [-0.15, -0.1) is 11.8 Å². The first kappa shape index (κ1) is 19.2. The van der Waals surface area contributed by atoms with Gasteiger partial charge in [-0.05, 0) is 30.0 Å². The number of nitrogens with one attached hydrogen (secondary N) is 1. The maximum absolute atomic E-state index is 12.2. The van der Waals surface area contributed by atoms with Gasteiger partial charge in [-0.2, -0.15) is 0 Å². The minimum absolute atomic E-state index is 0.00906. The van der Waals surface area contributed by atoms with Crippen molar-refractivity contribution in [1.29, 1.82) is 0 Å². The second kappa shape index (κ2) is 8.43. The number of methoxy groups -OCH3 is 1. The molecule has 2 aromatic rings. The van der Waals surface area contributed by atoms with Crippen LogP contribution < -0.4 is 10.1 Å². The molecule has 3 rings (SSSR count). The van der Waals surface area contributed by atoms with Gasteiger partial charge in [-0.3, -0.25) is 14.9 Å². The Hall–Kier alpha value is -2.54. The van der Waals surface area contributed by atoms with Gasteiger partial charge in [-0.1, -0.05) is 36.4 Å². The van der Waals surface area contributed by atoms with Crippen molar-refractivity contribution in [3.63, 3.8) is 0 Å². The highest BCUT2D eigenvalue weighted by Crippen LogP contribution is 2.47. The lowest BCUT2D eigenvalue weighted by atomic mass is 9.96. The van der Waals surface area contributed by atoms with E-state index >= 15 is 0 Å². The van der Waals surface area contributed by atoms with Crippen LogP contribution in [0.1, 0.15) is 24.0 Å². The predicted octanol–water partition coefficient (Wildman–Crippen LogP) is 3.68. The zero-order chi connectivity index (χ0) is 19.3. The Morgan fingerprint density at radius 2 is 2.00 bits per heavy atom. The van der Waals surface area contributed by atoms with Gasteiger partial charge in [0.05, 0.1) is 17.8 Å². The first-order valence-corrected chi connectivity index (χ1v) is 9.91. The Labute approximate surface area is 162 Å². The Bertz CT molecular complexity index is 822. The summed E-state index contributed by atoms with van der Waals surface area (Å²) in [5.74, 6) is 1.08. The van der Waals surface area contributed by atoms with Crippen molar-refractivity contribution in [3.05, 3.63) is 69.8 Å². The molecule has 0 atom stereocenters. The summed E-state index contributed by atoms with van der Waals surface area (Å²) in [6.45, 7) is 0.657. The van der Waals surface area contributed by atoms with Gasteiger partial charge in [0.1, 0.15) is 0 Å². The van der Waals surface area contributed by atoms with Crippen molar-refractivity contribution >= 4 is 23.4 Å². The maximum atomic E-state index is 12.2. The normalized spacial score (nSPS) is 14.4. The van der Waals surface area contributed by atoms with E-state index in [1.165, 1.54) is 30.5 Å². The molecule has 6 nitrogen and oxygen atoms in total. The van der Waals surface area contributed by atoms with Crippen molar-refractivity contribution in [2.24, 2.45) is 0 Å². The van der Waals surface area contributed by atoms with Crippen molar-refractivity contribution in [3.8, 4) is 5.75 Å². The summed E-state index contributed by atoms with van der Waals surface area (Å²) in [5.41, 5.74) is 2.11. The van der Waals surface area contributed by atoms with Crippen LogP contribution in [-0.2, 0) is 16.0 Å². The lowest BCUT2D eigenvalue weighted by Crippen LogP contribution is -2.33. The molecule has 0 spiro atoms. The van der Waals surface area contributed by atoms with Crippen LogP contribution in [0.15, 0.2) is 48.5 Å². The molecule has 1 saturated carbocycles. The highest BCUT2D eigenvalue weighted by Gasteiger charge is 2.44. The standard InChI is InChI=1S/C20H22N2O4S/c1-26-18-8-7-15(11-17(18)22(24)25)12-27-13-19(23)21-14-20(9-10-20)16-5-3-2-4-6-16/h2-8,11H,9-10,12-14H2,1H3,(H,21,23). The summed E-state index contributed by atoms with van der Waals surface area (Å²) in [4.78, 5) is 22.8. The Balaban J connectivity index is 1.46. The van der Waals surface area contributed by atoms with Crippen LogP contribution in [0.3, 0.4) is 0 Å². The maximum Gasteiger partial charge on any atom is 0.311 e. The fourth-order valence-corrected chi connectivity index (χ4v) is 3.86. The van der Waals surface area contributed by atoms with Gasteiger partial charge in [0, 0.05) is 23.8 Å². The van der Waals surface area contributed by atoms with E-state index in [0.717, 1.165) is 18.4 Å². The Morgan fingerprint density at radius 1 is 1.26 bits per heavy atom. The molecular formula is C20H22N2O4S. The number of amides is 1. The molecule has 0 saturated heterocycles. The van der Waals surface area contributed by atoms with Crippen LogP contribution in [0.4, 0.5) is 5.69 Å². The molecule has 0 unspecified atom stereocenters. The second-order valence-electron chi connectivity index (χ2n) is 6.68. The molecule has 7 heteroatoms. The van der Waals surface area contributed by atoms with Crippen LogP contribution in [-0.4, -0.2) is 30.2 Å². The molecule has 1 aliphatic carbocycles. The van der Waals surface area contributed by atoms with Crippen molar-refractivity contribution in [2.45, 2.75) is 24.0 Å². The molecule has 0 aliphatic heterocycles. The van der Waals surface area contributed by atoms with Crippen LogP contribution in [0, 0.1) is 10.1 Å². The number of carbonyl (C=O) groups excluding carboxylic acids is 1. The number of hydrogen-bond donors (Lipinski definition) is 1. The number of carbonyl (C=O) groups is 1. The Kier molecular flexibility index (Phi) is 6.01. The average molecular weight is 386 g/mol. The monoisotopic (exact) mass is 386 g/mol. The second-order valence-corrected chi connectivity index (χ2v) is 7.66. The van der Waals surface area contributed by atoms with Crippen LogP contribution in [0.5, 0.6) is 5.75 Å². The van der Waals surface area contributed by atoms with E-state index in [1.807, 2.05) is 18.2 Å². The highest BCUT2D eigenvalue weighted by atomic mass is 32.2. The molecule has 2 aromatic carbocycles. The molecule has 27 heavy (non-hydrogen) atoms. The van der Waals surface area contributed by atoms with Gasteiger partial charge in [0.25, 0.3) is 0 Å². The van der Waals surface area contributed by atoms with Crippen molar-refractivity contribution in [2.75, 3.05) is 19.4 Å². The van der Waals surface area contributed by atoms with E-state index in [1.54, 1.807) is 12.1 Å². The third kappa shape index (κ3) is 4.80. The number of ether oxygens (including phenoxy) is 1. The highest BCUT2D eigenvalue weighted by molar-refractivity contribution is 7.99. The van der Waals surface area contributed by atoms with E-state index in [4.69, 9.17) is 4.74 Å². The molecule has 142 valence electrons. The third-order valence-corrected chi connectivity index (χ3v) is 5.81. The Morgan fingerprint density at radius 3 is 2.63 bits per heavy atom. The topological polar surface area (TPSA) is 81.5 Å². The van der Waals surface area contributed by atoms with E-state index in [9.17, 15) is 14.9 Å². The summed E-state index contributed by atoms with van der Waals surface area (Å²) < 4.78 is 5.00. The first-order chi connectivity index (χ1) is 13.0. The van der Waals surface area contributed by atoms with Gasteiger partial charge in [0.15, 0.2) is 5.75 Å². The average Bonchev–Trinajstić information content (AvgIpc) is 3.48. The summed E-state index contributed by atoms with van der Waals surface area (Å²) in [5, 5.41) is 14.1. The lowest BCUT2D eigenvalue weighted by Gasteiger charge is -2.16. The molecule has 1 amide bonds. The summed E-state index contributed by atoms with van der Waals surface area (Å²) in [7, 11) is 1.41.